The fourth-order valence-corrected chi connectivity index (χ4v) is 1.77. The fraction of sp³-hybridized carbons (Fsp3) is 0.500. The third-order valence-corrected chi connectivity index (χ3v) is 2.56. The molecule has 1 aromatic heterocycles. The lowest BCUT2D eigenvalue weighted by Gasteiger charge is -2.31. The van der Waals surface area contributed by atoms with Crippen molar-refractivity contribution in [1.29, 1.82) is 0 Å². The molecule has 1 amide bonds. The van der Waals surface area contributed by atoms with E-state index in [1.807, 2.05) is 0 Å². The summed E-state index contributed by atoms with van der Waals surface area (Å²) < 4.78 is 5.29. The van der Waals surface area contributed by atoms with Crippen molar-refractivity contribution in [2.75, 3.05) is 19.7 Å². The Kier molecular flexibility index (Phi) is 3.38. The van der Waals surface area contributed by atoms with Crippen molar-refractivity contribution < 1.29 is 19.4 Å². The molecule has 2 rings (SSSR count). The standard InChI is InChI=1S/C10H13N3O4/c14-9(15)3-7-5-13(1-2-17-7)10(16)8-4-11-6-12-8/h4,6-7H,1-3,5H2,(H,11,12)(H,14,15). The molecule has 0 bridgehead atoms. The third kappa shape index (κ3) is 2.82. The Balaban J connectivity index is 1.97. The summed E-state index contributed by atoms with van der Waals surface area (Å²) in [6.45, 7) is 1.12. The van der Waals surface area contributed by atoms with Crippen LogP contribution in [0.2, 0.25) is 0 Å². The molecule has 0 spiro atoms. The number of nitrogens with zero attached hydrogens (tertiary/aromatic N) is 2. The topological polar surface area (TPSA) is 95.5 Å². The number of ether oxygens (including phenoxy) is 1. The lowest BCUT2D eigenvalue weighted by atomic mass is 10.2. The molecule has 1 aliphatic rings. The minimum Gasteiger partial charge on any atom is -0.481 e. The van der Waals surface area contributed by atoms with Crippen LogP contribution in [0.15, 0.2) is 12.5 Å². The second-order valence-corrected chi connectivity index (χ2v) is 3.81. The zero-order valence-electron chi connectivity index (χ0n) is 9.13. The van der Waals surface area contributed by atoms with Gasteiger partial charge in [0.15, 0.2) is 0 Å². The maximum Gasteiger partial charge on any atom is 0.306 e. The second-order valence-electron chi connectivity index (χ2n) is 3.81. The van der Waals surface area contributed by atoms with Crippen molar-refractivity contribution in [3.05, 3.63) is 18.2 Å². The minimum atomic E-state index is -0.925. The average Bonchev–Trinajstić information content (AvgIpc) is 2.81. The molecule has 0 radical (unpaired) electrons. The van der Waals surface area contributed by atoms with E-state index in [2.05, 4.69) is 9.97 Å². The number of aromatic amines is 1. The van der Waals surface area contributed by atoms with Gasteiger partial charge >= 0.3 is 5.97 Å². The van der Waals surface area contributed by atoms with Crippen LogP contribution in [-0.2, 0) is 9.53 Å². The first-order valence-corrected chi connectivity index (χ1v) is 5.28. The highest BCUT2D eigenvalue weighted by atomic mass is 16.5. The average molecular weight is 239 g/mol. The van der Waals surface area contributed by atoms with Crippen LogP contribution in [0.4, 0.5) is 0 Å². The molecule has 0 saturated carbocycles. The highest BCUT2D eigenvalue weighted by Gasteiger charge is 2.26. The quantitative estimate of drug-likeness (QED) is 0.756. The van der Waals surface area contributed by atoms with Gasteiger partial charge in [0.2, 0.25) is 0 Å². The molecule has 0 aliphatic carbocycles. The summed E-state index contributed by atoms with van der Waals surface area (Å²) in [4.78, 5) is 30.6. The van der Waals surface area contributed by atoms with E-state index in [9.17, 15) is 9.59 Å². The Morgan fingerprint density at radius 3 is 3.12 bits per heavy atom. The number of hydrogen-bond donors (Lipinski definition) is 2. The van der Waals surface area contributed by atoms with Gasteiger partial charge < -0.3 is 19.7 Å². The first-order chi connectivity index (χ1) is 8.16. The monoisotopic (exact) mass is 239 g/mol. The molecule has 1 saturated heterocycles. The highest BCUT2D eigenvalue weighted by molar-refractivity contribution is 5.92. The summed E-state index contributed by atoms with van der Waals surface area (Å²) in [6, 6.07) is 0. The van der Waals surface area contributed by atoms with Crippen molar-refractivity contribution in [2.24, 2.45) is 0 Å². The number of hydrogen-bond acceptors (Lipinski definition) is 4. The normalized spacial score (nSPS) is 20.2. The molecular formula is C10H13N3O4. The summed E-state index contributed by atoms with van der Waals surface area (Å²) in [5.41, 5.74) is 0.404. The largest absolute Gasteiger partial charge is 0.481 e. The number of carboxylic acids is 1. The minimum absolute atomic E-state index is 0.0905. The molecule has 2 N–H and O–H groups in total. The molecule has 1 aromatic rings. The fourth-order valence-electron chi connectivity index (χ4n) is 1.77. The van der Waals surface area contributed by atoms with Gasteiger partial charge in [0.25, 0.3) is 5.91 Å². The van der Waals surface area contributed by atoms with Crippen molar-refractivity contribution in [3.8, 4) is 0 Å². The van der Waals surface area contributed by atoms with Crippen LogP contribution < -0.4 is 0 Å². The highest BCUT2D eigenvalue weighted by Crippen LogP contribution is 2.11. The Labute approximate surface area is 97.4 Å². The SMILES string of the molecule is O=C(O)CC1CN(C(=O)c2cnc[nH]2)CCO1. The van der Waals surface area contributed by atoms with E-state index in [4.69, 9.17) is 9.84 Å². The summed E-state index contributed by atoms with van der Waals surface area (Å²) in [6.07, 6.45) is 2.35. The molecule has 0 aromatic carbocycles. The van der Waals surface area contributed by atoms with E-state index in [-0.39, 0.29) is 12.3 Å². The molecular weight excluding hydrogens is 226 g/mol. The van der Waals surface area contributed by atoms with Crippen LogP contribution in [0, 0.1) is 0 Å². The van der Waals surface area contributed by atoms with Crippen LogP contribution >= 0.6 is 0 Å². The number of morpholine rings is 1. The Morgan fingerprint density at radius 2 is 2.47 bits per heavy atom. The lowest BCUT2D eigenvalue weighted by Crippen LogP contribution is -2.46. The van der Waals surface area contributed by atoms with Gasteiger partial charge in [-0.3, -0.25) is 9.59 Å². The van der Waals surface area contributed by atoms with E-state index in [1.165, 1.54) is 12.5 Å². The molecule has 7 nitrogen and oxygen atoms in total. The van der Waals surface area contributed by atoms with Crippen LogP contribution in [0.3, 0.4) is 0 Å². The maximum absolute atomic E-state index is 11.9. The first-order valence-electron chi connectivity index (χ1n) is 5.28. The number of imidazole rings is 1. The molecule has 1 unspecified atom stereocenters. The van der Waals surface area contributed by atoms with E-state index in [0.717, 1.165) is 0 Å². The number of aromatic nitrogens is 2. The zero-order chi connectivity index (χ0) is 12.3. The van der Waals surface area contributed by atoms with Gasteiger partial charge in [0, 0.05) is 13.1 Å². The molecule has 1 atom stereocenters. The van der Waals surface area contributed by atoms with E-state index in [0.29, 0.717) is 25.4 Å². The molecule has 2 heterocycles. The van der Waals surface area contributed by atoms with Crippen LogP contribution in [-0.4, -0.2) is 57.7 Å². The number of aliphatic carboxylic acids is 1. The van der Waals surface area contributed by atoms with Gasteiger partial charge in [-0.25, -0.2) is 4.98 Å². The van der Waals surface area contributed by atoms with Gasteiger partial charge in [0.05, 0.1) is 31.7 Å². The van der Waals surface area contributed by atoms with E-state index in [1.54, 1.807) is 4.90 Å². The summed E-state index contributed by atoms with van der Waals surface area (Å²) >= 11 is 0. The van der Waals surface area contributed by atoms with Gasteiger partial charge in [-0.2, -0.15) is 0 Å². The number of nitrogens with one attached hydrogen (secondary N) is 1. The Hall–Kier alpha value is -1.89. The van der Waals surface area contributed by atoms with Crippen LogP contribution in [0.25, 0.3) is 0 Å². The number of carbonyl (C=O) groups excluding carboxylic acids is 1. The van der Waals surface area contributed by atoms with Gasteiger partial charge in [-0.1, -0.05) is 0 Å². The zero-order valence-corrected chi connectivity index (χ0v) is 9.13. The first kappa shape index (κ1) is 11.6. The Morgan fingerprint density at radius 1 is 1.65 bits per heavy atom. The predicted molar refractivity (Wildman–Crippen MR) is 56.5 cm³/mol. The van der Waals surface area contributed by atoms with Crippen LogP contribution in [0.5, 0.6) is 0 Å². The van der Waals surface area contributed by atoms with Crippen molar-refractivity contribution in [2.45, 2.75) is 12.5 Å². The van der Waals surface area contributed by atoms with Crippen molar-refractivity contribution >= 4 is 11.9 Å². The molecule has 17 heavy (non-hydrogen) atoms. The smallest absolute Gasteiger partial charge is 0.306 e. The predicted octanol–water partition coefficient (Wildman–Crippen LogP) is -0.275. The van der Waals surface area contributed by atoms with Gasteiger partial charge in [-0.15, -0.1) is 0 Å². The molecule has 1 aliphatic heterocycles. The molecule has 7 heteroatoms. The summed E-state index contributed by atoms with van der Waals surface area (Å²) in [5, 5.41) is 8.67. The molecule has 92 valence electrons. The van der Waals surface area contributed by atoms with Gasteiger partial charge in [-0.05, 0) is 0 Å². The van der Waals surface area contributed by atoms with Crippen LogP contribution in [0.1, 0.15) is 16.9 Å². The summed E-state index contributed by atoms with van der Waals surface area (Å²) in [7, 11) is 0. The Bertz CT molecular complexity index is 404. The summed E-state index contributed by atoms with van der Waals surface area (Å²) in [5.74, 6) is -1.10. The number of carbonyl (C=O) groups is 2. The third-order valence-electron chi connectivity index (χ3n) is 2.56. The number of amides is 1. The number of H-pyrrole nitrogens is 1. The second kappa shape index (κ2) is 4.96. The van der Waals surface area contributed by atoms with Crippen molar-refractivity contribution in [3.63, 3.8) is 0 Å². The number of rotatable bonds is 3. The van der Waals surface area contributed by atoms with E-state index < -0.39 is 12.1 Å². The lowest BCUT2D eigenvalue weighted by molar-refractivity contribution is -0.141. The maximum atomic E-state index is 11.9. The number of carboxylic acid groups (broad SMARTS) is 1. The molecule has 1 fully saturated rings. The van der Waals surface area contributed by atoms with E-state index >= 15 is 0 Å². The van der Waals surface area contributed by atoms with Gasteiger partial charge in [0.1, 0.15) is 5.69 Å². The van der Waals surface area contributed by atoms with Crippen molar-refractivity contribution in [1.82, 2.24) is 14.9 Å².